The SMILES string of the molecule is CCc1cccc2c(SCC(=O)NC(C)(C)C)nc(-c3ccc(F)cc3)nc12. The molecular weight excluding hydrogens is 373 g/mol. The van der Waals surface area contributed by atoms with Gasteiger partial charge in [-0.15, -0.1) is 0 Å². The number of aromatic nitrogens is 2. The number of benzene rings is 2. The first-order valence-electron chi connectivity index (χ1n) is 9.26. The maximum Gasteiger partial charge on any atom is 0.230 e. The normalized spacial score (nSPS) is 11.6. The number of aryl methyl sites for hydroxylation is 1. The van der Waals surface area contributed by atoms with E-state index in [1.807, 2.05) is 39.0 Å². The molecule has 1 heterocycles. The number of halogens is 1. The molecular formula is C22H24FN3OS. The lowest BCUT2D eigenvalue weighted by Gasteiger charge is -2.20. The van der Waals surface area contributed by atoms with Gasteiger partial charge in [0.15, 0.2) is 5.82 Å². The van der Waals surface area contributed by atoms with Crippen molar-refractivity contribution >= 4 is 28.6 Å². The van der Waals surface area contributed by atoms with Gasteiger partial charge in [-0.05, 0) is 57.0 Å². The number of amides is 1. The molecule has 0 aliphatic rings. The zero-order valence-electron chi connectivity index (χ0n) is 16.5. The molecule has 0 saturated carbocycles. The van der Waals surface area contributed by atoms with Crippen LogP contribution in [-0.2, 0) is 11.2 Å². The van der Waals surface area contributed by atoms with Crippen LogP contribution < -0.4 is 5.32 Å². The highest BCUT2D eigenvalue weighted by Crippen LogP contribution is 2.30. The summed E-state index contributed by atoms with van der Waals surface area (Å²) in [5, 5.41) is 4.65. The number of carbonyl (C=O) groups is 1. The lowest BCUT2D eigenvalue weighted by atomic mass is 10.1. The lowest BCUT2D eigenvalue weighted by molar-refractivity contribution is -0.119. The molecule has 0 spiro atoms. The van der Waals surface area contributed by atoms with E-state index in [1.165, 1.54) is 23.9 Å². The number of hydrogen-bond acceptors (Lipinski definition) is 4. The third-order valence-corrected chi connectivity index (χ3v) is 5.10. The van der Waals surface area contributed by atoms with Crippen molar-refractivity contribution in [2.75, 3.05) is 5.75 Å². The Morgan fingerprint density at radius 3 is 2.46 bits per heavy atom. The number of hydrogen-bond donors (Lipinski definition) is 1. The first-order valence-corrected chi connectivity index (χ1v) is 10.2. The summed E-state index contributed by atoms with van der Waals surface area (Å²) in [5.74, 6) is 0.460. The minimum atomic E-state index is -0.299. The average Bonchev–Trinajstić information content (AvgIpc) is 2.64. The summed E-state index contributed by atoms with van der Waals surface area (Å²) in [6.45, 7) is 7.94. The van der Waals surface area contributed by atoms with Gasteiger partial charge in [0.2, 0.25) is 5.91 Å². The largest absolute Gasteiger partial charge is 0.351 e. The van der Waals surface area contributed by atoms with Crippen molar-refractivity contribution in [2.24, 2.45) is 0 Å². The quantitative estimate of drug-likeness (QED) is 0.486. The molecule has 3 aromatic rings. The molecule has 2 aromatic carbocycles. The van der Waals surface area contributed by atoms with Gasteiger partial charge in [-0.3, -0.25) is 4.79 Å². The number of nitrogens with one attached hydrogen (secondary N) is 1. The molecule has 0 fully saturated rings. The van der Waals surface area contributed by atoms with Crippen molar-refractivity contribution in [1.29, 1.82) is 0 Å². The highest BCUT2D eigenvalue weighted by Gasteiger charge is 2.17. The number of nitrogens with zero attached hydrogens (tertiary/aromatic N) is 2. The van der Waals surface area contributed by atoms with Crippen LogP contribution in [0.2, 0.25) is 0 Å². The predicted molar refractivity (Wildman–Crippen MR) is 113 cm³/mol. The van der Waals surface area contributed by atoms with Crippen LogP contribution in [-0.4, -0.2) is 27.2 Å². The van der Waals surface area contributed by atoms with E-state index in [4.69, 9.17) is 9.97 Å². The van der Waals surface area contributed by atoms with Gasteiger partial charge in [0.05, 0.1) is 11.3 Å². The summed E-state index contributed by atoms with van der Waals surface area (Å²) in [4.78, 5) is 21.7. The predicted octanol–water partition coefficient (Wildman–Crippen LogP) is 5.01. The fraction of sp³-hybridized carbons (Fsp3) is 0.318. The van der Waals surface area contributed by atoms with E-state index in [9.17, 15) is 9.18 Å². The van der Waals surface area contributed by atoms with Crippen LogP contribution in [0.4, 0.5) is 4.39 Å². The van der Waals surface area contributed by atoms with Crippen molar-refractivity contribution in [1.82, 2.24) is 15.3 Å². The Kier molecular flexibility index (Phi) is 5.98. The van der Waals surface area contributed by atoms with Crippen molar-refractivity contribution in [3.05, 3.63) is 53.8 Å². The first-order chi connectivity index (χ1) is 13.3. The number of carbonyl (C=O) groups excluding carboxylic acids is 1. The maximum absolute atomic E-state index is 13.3. The van der Waals surface area contributed by atoms with Crippen LogP contribution in [0.3, 0.4) is 0 Å². The molecule has 0 aliphatic carbocycles. The van der Waals surface area contributed by atoms with E-state index < -0.39 is 0 Å². The third-order valence-electron chi connectivity index (χ3n) is 4.11. The van der Waals surface area contributed by atoms with E-state index in [2.05, 4.69) is 12.2 Å². The van der Waals surface area contributed by atoms with Crippen molar-refractivity contribution in [3.8, 4) is 11.4 Å². The molecule has 146 valence electrons. The number of rotatable bonds is 5. The standard InChI is InChI=1S/C22H24FN3OS/c1-5-14-7-6-8-17-19(14)24-20(15-9-11-16(23)12-10-15)25-21(17)28-13-18(27)26-22(2,3)4/h6-12H,5,13H2,1-4H3,(H,26,27). The molecule has 0 atom stereocenters. The second-order valence-electron chi connectivity index (χ2n) is 7.61. The molecule has 0 saturated heterocycles. The highest BCUT2D eigenvalue weighted by molar-refractivity contribution is 8.00. The average molecular weight is 398 g/mol. The number of fused-ring (bicyclic) bond motifs is 1. The minimum absolute atomic E-state index is 0.0424. The Bertz CT molecular complexity index is 997. The Morgan fingerprint density at radius 2 is 1.82 bits per heavy atom. The highest BCUT2D eigenvalue weighted by atomic mass is 32.2. The van der Waals surface area contributed by atoms with E-state index in [0.717, 1.165) is 33.5 Å². The number of para-hydroxylation sites is 1. The van der Waals surface area contributed by atoms with Crippen molar-refractivity contribution in [3.63, 3.8) is 0 Å². The zero-order chi connectivity index (χ0) is 20.3. The van der Waals surface area contributed by atoms with Crippen LogP contribution in [0, 0.1) is 5.82 Å². The Morgan fingerprint density at radius 1 is 1.11 bits per heavy atom. The molecule has 0 unspecified atom stereocenters. The van der Waals surface area contributed by atoms with Gasteiger partial charge in [-0.2, -0.15) is 0 Å². The Labute approximate surface area is 169 Å². The molecule has 28 heavy (non-hydrogen) atoms. The zero-order valence-corrected chi connectivity index (χ0v) is 17.4. The maximum atomic E-state index is 13.3. The monoisotopic (exact) mass is 397 g/mol. The lowest BCUT2D eigenvalue weighted by Crippen LogP contribution is -2.41. The molecule has 1 amide bonds. The smallest absolute Gasteiger partial charge is 0.230 e. The molecule has 3 rings (SSSR count). The van der Waals surface area contributed by atoms with Crippen LogP contribution in [0.1, 0.15) is 33.3 Å². The van der Waals surface area contributed by atoms with Crippen LogP contribution >= 0.6 is 11.8 Å². The fourth-order valence-corrected chi connectivity index (χ4v) is 3.71. The third kappa shape index (κ3) is 4.87. The van der Waals surface area contributed by atoms with E-state index >= 15 is 0 Å². The van der Waals surface area contributed by atoms with E-state index in [0.29, 0.717) is 5.82 Å². The summed E-state index contributed by atoms with van der Waals surface area (Å²) < 4.78 is 13.3. The van der Waals surface area contributed by atoms with Gasteiger partial charge >= 0.3 is 0 Å². The van der Waals surface area contributed by atoms with Gasteiger partial charge in [0.1, 0.15) is 10.8 Å². The van der Waals surface area contributed by atoms with Gasteiger partial charge < -0.3 is 5.32 Å². The minimum Gasteiger partial charge on any atom is -0.351 e. The van der Waals surface area contributed by atoms with Crippen molar-refractivity contribution in [2.45, 2.75) is 44.7 Å². The molecule has 0 radical (unpaired) electrons. The van der Waals surface area contributed by atoms with Gasteiger partial charge in [0.25, 0.3) is 0 Å². The molecule has 6 heteroatoms. The van der Waals surface area contributed by atoms with E-state index in [1.54, 1.807) is 12.1 Å². The fourth-order valence-electron chi connectivity index (χ4n) is 2.89. The van der Waals surface area contributed by atoms with Gasteiger partial charge in [0, 0.05) is 16.5 Å². The summed E-state index contributed by atoms with van der Waals surface area (Å²) in [6.07, 6.45) is 0.839. The number of thioether (sulfide) groups is 1. The summed E-state index contributed by atoms with van der Waals surface area (Å²) >= 11 is 1.39. The van der Waals surface area contributed by atoms with Crippen molar-refractivity contribution < 1.29 is 9.18 Å². The molecule has 1 aromatic heterocycles. The Balaban J connectivity index is 2.02. The molecule has 1 N–H and O–H groups in total. The molecule has 4 nitrogen and oxygen atoms in total. The molecule has 0 bridgehead atoms. The topological polar surface area (TPSA) is 54.9 Å². The summed E-state index contributed by atoms with van der Waals surface area (Å²) in [5.41, 5.74) is 2.46. The second kappa shape index (κ2) is 8.27. The van der Waals surface area contributed by atoms with Gasteiger partial charge in [-0.1, -0.05) is 36.9 Å². The van der Waals surface area contributed by atoms with E-state index in [-0.39, 0.29) is 23.0 Å². The Hall–Kier alpha value is -2.47. The van der Waals surface area contributed by atoms with Crippen LogP contribution in [0.15, 0.2) is 47.5 Å². The van der Waals surface area contributed by atoms with Crippen LogP contribution in [0.25, 0.3) is 22.3 Å². The first kappa shape index (κ1) is 20.3. The summed E-state index contributed by atoms with van der Waals surface area (Å²) in [6, 6.07) is 12.2. The molecule has 0 aliphatic heterocycles. The van der Waals surface area contributed by atoms with Gasteiger partial charge in [-0.25, -0.2) is 14.4 Å². The van der Waals surface area contributed by atoms with Crippen LogP contribution in [0.5, 0.6) is 0 Å². The summed E-state index contributed by atoms with van der Waals surface area (Å²) in [7, 11) is 0. The second-order valence-corrected chi connectivity index (χ2v) is 8.58.